The van der Waals surface area contributed by atoms with Crippen molar-refractivity contribution in [1.29, 1.82) is 0 Å². The van der Waals surface area contributed by atoms with Crippen LogP contribution >= 0.6 is 0 Å². The van der Waals surface area contributed by atoms with Crippen LogP contribution in [0.2, 0.25) is 0 Å². The number of para-hydroxylation sites is 1. The summed E-state index contributed by atoms with van der Waals surface area (Å²) >= 11 is 0. The molecule has 0 radical (unpaired) electrons. The molecule has 0 aliphatic carbocycles. The summed E-state index contributed by atoms with van der Waals surface area (Å²) in [5.41, 5.74) is 8.46. The lowest BCUT2D eigenvalue weighted by molar-refractivity contribution is 0.102. The zero-order valence-corrected chi connectivity index (χ0v) is 11.6. The zero-order chi connectivity index (χ0) is 14.7. The van der Waals surface area contributed by atoms with Crippen LogP contribution in [0.1, 0.15) is 34.5 Å². The van der Waals surface area contributed by atoms with E-state index in [1.807, 2.05) is 31.2 Å². The number of aromatic hydroxyl groups is 1. The third-order valence-electron chi connectivity index (χ3n) is 3.25. The highest BCUT2D eigenvalue weighted by atomic mass is 16.3. The second-order valence-electron chi connectivity index (χ2n) is 4.78. The molecule has 2 aromatic carbocycles. The Morgan fingerprint density at radius 1 is 1.20 bits per heavy atom. The van der Waals surface area contributed by atoms with Gasteiger partial charge in [0.15, 0.2) is 0 Å². The number of hydrogen-bond acceptors (Lipinski definition) is 3. The predicted octanol–water partition coefficient (Wildman–Crippen LogP) is 2.97. The van der Waals surface area contributed by atoms with Crippen molar-refractivity contribution in [1.82, 2.24) is 0 Å². The molecule has 2 aromatic rings. The molecule has 2 rings (SSSR count). The molecular formula is C16H18N2O2. The highest BCUT2D eigenvalue weighted by molar-refractivity contribution is 6.06. The Bertz CT molecular complexity index is 636. The van der Waals surface area contributed by atoms with Gasteiger partial charge in [-0.05, 0) is 37.6 Å². The Morgan fingerprint density at radius 2 is 1.90 bits per heavy atom. The summed E-state index contributed by atoms with van der Waals surface area (Å²) in [6.45, 7) is 3.58. The lowest BCUT2D eigenvalue weighted by atomic mass is 10.0. The molecular weight excluding hydrogens is 252 g/mol. The molecule has 0 aliphatic rings. The number of amides is 1. The first kappa shape index (κ1) is 14.1. The molecule has 0 aliphatic heterocycles. The van der Waals surface area contributed by atoms with E-state index in [-0.39, 0.29) is 17.7 Å². The van der Waals surface area contributed by atoms with Crippen molar-refractivity contribution in [2.45, 2.75) is 19.9 Å². The van der Waals surface area contributed by atoms with E-state index in [1.165, 1.54) is 0 Å². The van der Waals surface area contributed by atoms with E-state index in [0.29, 0.717) is 16.8 Å². The molecule has 1 amide bonds. The van der Waals surface area contributed by atoms with Gasteiger partial charge in [-0.3, -0.25) is 4.79 Å². The van der Waals surface area contributed by atoms with E-state index < -0.39 is 0 Å². The van der Waals surface area contributed by atoms with Crippen molar-refractivity contribution in [3.8, 4) is 5.75 Å². The molecule has 0 fully saturated rings. The van der Waals surface area contributed by atoms with Gasteiger partial charge in [0.05, 0.1) is 0 Å². The molecule has 4 heteroatoms. The number of nitrogens with two attached hydrogens (primary N) is 1. The van der Waals surface area contributed by atoms with Crippen LogP contribution in [-0.2, 0) is 0 Å². The Balaban J connectivity index is 2.31. The minimum atomic E-state index is -0.258. The monoisotopic (exact) mass is 270 g/mol. The van der Waals surface area contributed by atoms with E-state index in [9.17, 15) is 9.90 Å². The minimum Gasteiger partial charge on any atom is -0.508 e. The van der Waals surface area contributed by atoms with Crippen LogP contribution in [0.4, 0.5) is 5.69 Å². The second-order valence-corrected chi connectivity index (χ2v) is 4.78. The first-order valence-electron chi connectivity index (χ1n) is 6.45. The van der Waals surface area contributed by atoms with Crippen LogP contribution in [0.3, 0.4) is 0 Å². The Hall–Kier alpha value is -2.33. The highest BCUT2D eigenvalue weighted by Crippen LogP contribution is 2.24. The van der Waals surface area contributed by atoms with Gasteiger partial charge in [-0.2, -0.15) is 0 Å². The van der Waals surface area contributed by atoms with Gasteiger partial charge in [0.2, 0.25) is 0 Å². The fraction of sp³-hybridized carbons (Fsp3) is 0.188. The smallest absolute Gasteiger partial charge is 0.256 e. The summed E-state index contributed by atoms with van der Waals surface area (Å²) in [6, 6.07) is 12.1. The topological polar surface area (TPSA) is 75.3 Å². The number of anilines is 1. The van der Waals surface area contributed by atoms with Gasteiger partial charge in [0, 0.05) is 22.9 Å². The molecule has 0 heterocycles. The molecule has 0 saturated carbocycles. The predicted molar refractivity (Wildman–Crippen MR) is 79.8 cm³/mol. The van der Waals surface area contributed by atoms with Gasteiger partial charge in [-0.1, -0.05) is 24.3 Å². The Labute approximate surface area is 118 Å². The summed E-state index contributed by atoms with van der Waals surface area (Å²) in [7, 11) is 0. The summed E-state index contributed by atoms with van der Waals surface area (Å²) < 4.78 is 0. The molecule has 0 aromatic heterocycles. The standard InChI is InChI=1S/C16H18N2O2/c1-10-12(7-5-9-15(10)19)16(20)18-14-8-4-3-6-13(14)11(2)17/h3-9,11,19H,17H2,1-2H3,(H,18,20). The largest absolute Gasteiger partial charge is 0.508 e. The number of phenolic OH excluding ortho intramolecular Hbond substituents is 1. The van der Waals surface area contributed by atoms with E-state index in [2.05, 4.69) is 5.32 Å². The first-order valence-corrected chi connectivity index (χ1v) is 6.45. The van der Waals surface area contributed by atoms with Crippen molar-refractivity contribution < 1.29 is 9.90 Å². The van der Waals surface area contributed by atoms with Gasteiger partial charge in [-0.25, -0.2) is 0 Å². The van der Waals surface area contributed by atoms with Gasteiger partial charge in [0.1, 0.15) is 5.75 Å². The number of carbonyl (C=O) groups is 1. The molecule has 20 heavy (non-hydrogen) atoms. The highest BCUT2D eigenvalue weighted by Gasteiger charge is 2.14. The van der Waals surface area contributed by atoms with Crippen LogP contribution < -0.4 is 11.1 Å². The molecule has 104 valence electrons. The summed E-state index contributed by atoms with van der Waals surface area (Å²) in [4.78, 5) is 12.3. The second kappa shape index (κ2) is 5.75. The van der Waals surface area contributed by atoms with Crippen molar-refractivity contribution in [2.24, 2.45) is 5.73 Å². The van der Waals surface area contributed by atoms with Crippen molar-refractivity contribution in [2.75, 3.05) is 5.32 Å². The average molecular weight is 270 g/mol. The third kappa shape index (κ3) is 2.81. The van der Waals surface area contributed by atoms with E-state index >= 15 is 0 Å². The van der Waals surface area contributed by atoms with Crippen LogP contribution in [0.5, 0.6) is 5.75 Å². The normalized spacial score (nSPS) is 11.9. The quantitative estimate of drug-likeness (QED) is 0.802. The molecule has 0 spiro atoms. The third-order valence-corrected chi connectivity index (χ3v) is 3.25. The maximum atomic E-state index is 12.3. The average Bonchev–Trinajstić information content (AvgIpc) is 2.42. The van der Waals surface area contributed by atoms with Gasteiger partial charge >= 0.3 is 0 Å². The van der Waals surface area contributed by atoms with Crippen molar-refractivity contribution in [3.05, 3.63) is 59.2 Å². The first-order chi connectivity index (χ1) is 9.50. The van der Waals surface area contributed by atoms with Crippen molar-refractivity contribution in [3.63, 3.8) is 0 Å². The molecule has 1 atom stereocenters. The van der Waals surface area contributed by atoms with E-state index in [1.54, 1.807) is 25.1 Å². The molecule has 0 bridgehead atoms. The number of benzene rings is 2. The molecule has 4 nitrogen and oxygen atoms in total. The van der Waals surface area contributed by atoms with Gasteiger partial charge in [0.25, 0.3) is 5.91 Å². The maximum absolute atomic E-state index is 12.3. The lowest BCUT2D eigenvalue weighted by Crippen LogP contribution is -2.16. The summed E-state index contributed by atoms with van der Waals surface area (Å²) in [5, 5.41) is 12.5. The van der Waals surface area contributed by atoms with Crippen LogP contribution in [-0.4, -0.2) is 11.0 Å². The summed E-state index contributed by atoms with van der Waals surface area (Å²) in [6.07, 6.45) is 0. The SMILES string of the molecule is Cc1c(O)cccc1C(=O)Nc1ccccc1C(C)N. The van der Waals surface area contributed by atoms with E-state index in [0.717, 1.165) is 5.56 Å². The lowest BCUT2D eigenvalue weighted by Gasteiger charge is -2.14. The van der Waals surface area contributed by atoms with Crippen LogP contribution in [0.25, 0.3) is 0 Å². The molecule has 0 saturated heterocycles. The van der Waals surface area contributed by atoms with Crippen LogP contribution in [0.15, 0.2) is 42.5 Å². The van der Waals surface area contributed by atoms with Crippen LogP contribution in [0, 0.1) is 6.92 Å². The number of carbonyl (C=O) groups excluding carboxylic acids is 1. The van der Waals surface area contributed by atoms with Gasteiger partial charge in [-0.15, -0.1) is 0 Å². The number of phenols is 1. The Kier molecular flexibility index (Phi) is 4.05. The number of hydrogen-bond donors (Lipinski definition) is 3. The maximum Gasteiger partial charge on any atom is 0.256 e. The molecule has 4 N–H and O–H groups in total. The summed E-state index contributed by atoms with van der Waals surface area (Å²) in [5.74, 6) is -0.148. The number of rotatable bonds is 3. The van der Waals surface area contributed by atoms with Gasteiger partial charge < -0.3 is 16.2 Å². The van der Waals surface area contributed by atoms with E-state index in [4.69, 9.17) is 5.73 Å². The fourth-order valence-electron chi connectivity index (χ4n) is 2.07. The zero-order valence-electron chi connectivity index (χ0n) is 11.6. The molecule has 1 unspecified atom stereocenters. The van der Waals surface area contributed by atoms with Crippen molar-refractivity contribution >= 4 is 11.6 Å². The minimum absolute atomic E-state index is 0.109. The Morgan fingerprint density at radius 3 is 2.60 bits per heavy atom. The fourth-order valence-corrected chi connectivity index (χ4v) is 2.07. The number of nitrogens with one attached hydrogen (secondary N) is 1.